The minimum Gasteiger partial charge on any atom is -0.481 e. The highest BCUT2D eigenvalue weighted by Gasteiger charge is 2.40. The molecule has 0 spiro atoms. The summed E-state index contributed by atoms with van der Waals surface area (Å²) < 4.78 is 0. The Labute approximate surface area is 118 Å². The Morgan fingerprint density at radius 1 is 1.32 bits per heavy atom. The highest BCUT2D eigenvalue weighted by Crippen LogP contribution is 2.43. The number of aliphatic carboxylic acids is 1. The van der Waals surface area contributed by atoms with Crippen LogP contribution in [0.1, 0.15) is 66.2 Å². The van der Waals surface area contributed by atoms with Gasteiger partial charge in [0.25, 0.3) is 0 Å². The van der Waals surface area contributed by atoms with E-state index in [-0.39, 0.29) is 17.3 Å². The van der Waals surface area contributed by atoms with Crippen molar-refractivity contribution in [3.63, 3.8) is 0 Å². The molecule has 1 aliphatic rings. The molecule has 0 aromatic heterocycles. The van der Waals surface area contributed by atoms with E-state index in [1.807, 2.05) is 0 Å². The number of rotatable bonds is 7. The van der Waals surface area contributed by atoms with Crippen LogP contribution in [0.5, 0.6) is 0 Å². The van der Waals surface area contributed by atoms with Crippen molar-refractivity contribution in [1.82, 2.24) is 0 Å². The fourth-order valence-corrected chi connectivity index (χ4v) is 3.49. The van der Waals surface area contributed by atoms with Crippen LogP contribution >= 0.6 is 0 Å². The average molecular weight is 266 g/mol. The van der Waals surface area contributed by atoms with Crippen LogP contribution in [0.3, 0.4) is 0 Å². The molecule has 0 saturated heterocycles. The predicted octanol–water partition coefficient (Wildman–Crippen LogP) is 4.90. The fourth-order valence-electron chi connectivity index (χ4n) is 3.49. The summed E-state index contributed by atoms with van der Waals surface area (Å²) in [6.45, 7) is 8.70. The van der Waals surface area contributed by atoms with Gasteiger partial charge in [0, 0.05) is 0 Å². The topological polar surface area (TPSA) is 37.3 Å². The molecule has 0 heterocycles. The fraction of sp³-hybridized carbons (Fsp3) is 0.824. The smallest absolute Gasteiger partial charge is 0.307 e. The van der Waals surface area contributed by atoms with Gasteiger partial charge in [-0.15, -0.1) is 0 Å². The summed E-state index contributed by atoms with van der Waals surface area (Å²) >= 11 is 0. The second-order valence-electron chi connectivity index (χ2n) is 6.92. The van der Waals surface area contributed by atoms with E-state index in [1.54, 1.807) is 0 Å². The second-order valence-corrected chi connectivity index (χ2v) is 6.92. The molecule has 0 saturated carbocycles. The number of carbonyl (C=O) groups is 1. The first-order valence-electron chi connectivity index (χ1n) is 7.77. The molecule has 0 bridgehead atoms. The van der Waals surface area contributed by atoms with Crippen LogP contribution in [0, 0.1) is 23.2 Å². The highest BCUT2D eigenvalue weighted by atomic mass is 16.4. The van der Waals surface area contributed by atoms with E-state index >= 15 is 0 Å². The van der Waals surface area contributed by atoms with E-state index in [1.165, 1.54) is 6.42 Å². The van der Waals surface area contributed by atoms with Crippen molar-refractivity contribution in [2.75, 3.05) is 0 Å². The zero-order valence-electron chi connectivity index (χ0n) is 13.0. The van der Waals surface area contributed by atoms with Gasteiger partial charge >= 0.3 is 5.97 Å². The summed E-state index contributed by atoms with van der Waals surface area (Å²) in [5.74, 6) is 0.104. The molecule has 3 atom stereocenters. The van der Waals surface area contributed by atoms with Gasteiger partial charge in [-0.3, -0.25) is 4.79 Å². The Kier molecular flexibility index (Phi) is 6.09. The maximum Gasteiger partial charge on any atom is 0.307 e. The summed E-state index contributed by atoms with van der Waals surface area (Å²) in [5, 5.41) is 9.64. The third-order valence-electron chi connectivity index (χ3n) is 4.57. The SMILES string of the molecule is CC(C)CCC[C@@H](C)C(C(=O)O)C1(C)C=CCCC1. The van der Waals surface area contributed by atoms with E-state index in [0.29, 0.717) is 5.92 Å². The lowest BCUT2D eigenvalue weighted by atomic mass is 9.65. The largest absolute Gasteiger partial charge is 0.481 e. The number of allylic oxidation sites excluding steroid dienone is 2. The first kappa shape index (κ1) is 16.3. The molecule has 2 nitrogen and oxygen atoms in total. The quantitative estimate of drug-likeness (QED) is 0.666. The van der Waals surface area contributed by atoms with Crippen molar-refractivity contribution in [1.29, 1.82) is 0 Å². The molecule has 0 aromatic rings. The Balaban J connectivity index is 2.68. The van der Waals surface area contributed by atoms with Gasteiger partial charge in [0.15, 0.2) is 0 Å². The molecular formula is C17H30O2. The zero-order chi connectivity index (χ0) is 14.5. The first-order valence-corrected chi connectivity index (χ1v) is 7.77. The highest BCUT2D eigenvalue weighted by molar-refractivity contribution is 5.72. The molecule has 0 aliphatic heterocycles. The minimum atomic E-state index is -0.619. The first-order chi connectivity index (χ1) is 8.87. The van der Waals surface area contributed by atoms with E-state index in [9.17, 15) is 9.90 Å². The Hall–Kier alpha value is -0.790. The van der Waals surface area contributed by atoms with Gasteiger partial charge in [-0.25, -0.2) is 0 Å². The number of hydrogen-bond acceptors (Lipinski definition) is 1. The van der Waals surface area contributed by atoms with Crippen molar-refractivity contribution in [3.05, 3.63) is 12.2 Å². The van der Waals surface area contributed by atoms with Crippen molar-refractivity contribution in [2.24, 2.45) is 23.2 Å². The molecule has 0 radical (unpaired) electrons. The summed E-state index contributed by atoms with van der Waals surface area (Å²) in [6, 6.07) is 0. The van der Waals surface area contributed by atoms with Crippen LogP contribution in [0.25, 0.3) is 0 Å². The third kappa shape index (κ3) is 4.67. The second kappa shape index (κ2) is 7.12. The molecule has 110 valence electrons. The minimum absolute atomic E-state index is 0.151. The van der Waals surface area contributed by atoms with Gasteiger partial charge in [0.2, 0.25) is 0 Å². The molecule has 1 aliphatic carbocycles. The Bertz CT molecular complexity index is 319. The number of carboxylic acid groups (broad SMARTS) is 1. The van der Waals surface area contributed by atoms with Gasteiger partial charge in [-0.1, -0.05) is 52.7 Å². The van der Waals surface area contributed by atoms with Gasteiger partial charge in [0.1, 0.15) is 0 Å². The normalized spacial score (nSPS) is 26.4. The van der Waals surface area contributed by atoms with Crippen molar-refractivity contribution in [2.45, 2.75) is 66.2 Å². The van der Waals surface area contributed by atoms with Crippen molar-refractivity contribution < 1.29 is 9.90 Å². The van der Waals surface area contributed by atoms with Crippen molar-refractivity contribution in [3.8, 4) is 0 Å². The molecule has 0 amide bonds. The lowest BCUT2D eigenvalue weighted by Gasteiger charge is -2.38. The molecular weight excluding hydrogens is 236 g/mol. The van der Waals surface area contributed by atoms with Gasteiger partial charge in [0.05, 0.1) is 5.92 Å². The third-order valence-corrected chi connectivity index (χ3v) is 4.57. The molecule has 1 N–H and O–H groups in total. The molecule has 0 fully saturated rings. The van der Waals surface area contributed by atoms with E-state index in [2.05, 4.69) is 39.8 Å². The zero-order valence-corrected chi connectivity index (χ0v) is 13.0. The maximum atomic E-state index is 11.7. The Morgan fingerprint density at radius 2 is 2.00 bits per heavy atom. The molecule has 0 aromatic carbocycles. The number of carboxylic acids is 1. The molecule has 2 unspecified atom stereocenters. The van der Waals surface area contributed by atoms with E-state index < -0.39 is 5.97 Å². The lowest BCUT2D eigenvalue weighted by Crippen LogP contribution is -2.37. The summed E-state index contributed by atoms with van der Waals surface area (Å²) in [6.07, 6.45) is 10.9. The van der Waals surface area contributed by atoms with Crippen LogP contribution in [0.15, 0.2) is 12.2 Å². The lowest BCUT2D eigenvalue weighted by molar-refractivity contribution is -0.148. The van der Waals surface area contributed by atoms with Crippen LogP contribution < -0.4 is 0 Å². The average Bonchev–Trinajstić information content (AvgIpc) is 2.28. The van der Waals surface area contributed by atoms with Gasteiger partial charge in [-0.05, 0) is 42.9 Å². The maximum absolute atomic E-state index is 11.7. The van der Waals surface area contributed by atoms with Crippen molar-refractivity contribution >= 4 is 5.97 Å². The summed E-state index contributed by atoms with van der Waals surface area (Å²) in [7, 11) is 0. The molecule has 1 rings (SSSR count). The van der Waals surface area contributed by atoms with Gasteiger partial charge in [-0.2, -0.15) is 0 Å². The van der Waals surface area contributed by atoms with Crippen LogP contribution in [0.2, 0.25) is 0 Å². The molecule has 19 heavy (non-hydrogen) atoms. The molecule has 2 heteroatoms. The van der Waals surface area contributed by atoms with Crippen LogP contribution in [-0.2, 0) is 4.79 Å². The standard InChI is InChI=1S/C17H30O2/c1-13(2)9-8-10-14(3)15(16(18)19)17(4)11-6-5-7-12-17/h6,11,13-15H,5,7-10,12H2,1-4H3,(H,18,19)/t14-,15?,17?/m1/s1. The van der Waals surface area contributed by atoms with Gasteiger partial charge < -0.3 is 5.11 Å². The van der Waals surface area contributed by atoms with Crippen LogP contribution in [0.4, 0.5) is 0 Å². The Morgan fingerprint density at radius 3 is 2.47 bits per heavy atom. The summed E-state index contributed by atoms with van der Waals surface area (Å²) in [4.78, 5) is 11.7. The monoisotopic (exact) mass is 266 g/mol. The number of hydrogen-bond donors (Lipinski definition) is 1. The van der Waals surface area contributed by atoms with E-state index in [4.69, 9.17) is 0 Å². The summed E-state index contributed by atoms with van der Waals surface area (Å²) in [5.41, 5.74) is -0.151. The van der Waals surface area contributed by atoms with E-state index in [0.717, 1.165) is 32.1 Å². The van der Waals surface area contributed by atoms with Crippen LogP contribution in [-0.4, -0.2) is 11.1 Å². The predicted molar refractivity (Wildman–Crippen MR) is 80.1 cm³/mol.